The number of hydrogen-bond acceptors (Lipinski definition) is 4. The summed E-state index contributed by atoms with van der Waals surface area (Å²) in [4.78, 5) is 4.79. The molecule has 2 aromatic heterocycles. The number of rotatable bonds is 12. The molecule has 4 nitrogen and oxygen atoms in total. The second kappa shape index (κ2) is 22.0. The van der Waals surface area contributed by atoms with Gasteiger partial charge in [0.2, 0.25) is 0 Å². The van der Waals surface area contributed by atoms with Crippen LogP contribution >= 0.6 is 0 Å². The Hall–Kier alpha value is -10.4. The van der Waals surface area contributed by atoms with Crippen molar-refractivity contribution in [2.75, 3.05) is 9.80 Å². The maximum Gasteiger partial charge on any atom is 0.160 e. The molecule has 12 aromatic carbocycles. The highest BCUT2D eigenvalue weighted by atomic mass is 16.3. The van der Waals surface area contributed by atoms with Gasteiger partial charge in [-0.2, -0.15) is 0 Å². The lowest BCUT2D eigenvalue weighted by Gasteiger charge is -2.29. The third-order valence-electron chi connectivity index (χ3n) is 16.8. The standard InChI is InChI=1S/C82H66N2O2/c1-81(2,3)63-41-49-67(50-42-63)83(65-45-37-57(38-46-65)55-25-13-7-14-26-55)71-53-69-70(75-73(59-29-17-9-18-30-59)77(85-79(71)75)61-33-21-11-22-34-61)54-72(80-76(69)74(60-31-19-10-20-32-60)78(86-80)62-35-23-12-24-36-62)84(68-51-43-64(44-52-68)82(4,5)6)66-47-39-58(40-48-66)56-27-15-8-16-28-56/h7-54H,1-6H3. The van der Waals surface area contributed by atoms with Gasteiger partial charge in [0.05, 0.1) is 11.4 Å². The van der Waals surface area contributed by atoms with Crippen LogP contribution in [0.5, 0.6) is 0 Å². The molecule has 0 saturated heterocycles. The molecule has 0 N–H and O–H groups in total. The molecule has 14 aromatic rings. The van der Waals surface area contributed by atoms with Gasteiger partial charge in [0.25, 0.3) is 0 Å². The molecule has 0 aliphatic rings. The topological polar surface area (TPSA) is 32.8 Å². The summed E-state index contributed by atoms with van der Waals surface area (Å²) in [5.74, 6) is 1.58. The summed E-state index contributed by atoms with van der Waals surface area (Å²) in [6, 6.07) is 105. The van der Waals surface area contributed by atoms with Crippen LogP contribution in [0.3, 0.4) is 0 Å². The van der Waals surface area contributed by atoms with Gasteiger partial charge >= 0.3 is 0 Å². The predicted molar refractivity (Wildman–Crippen MR) is 363 cm³/mol. The molecule has 0 saturated carbocycles. The molecule has 0 fully saturated rings. The highest BCUT2D eigenvalue weighted by Crippen LogP contribution is 2.56. The van der Waals surface area contributed by atoms with Crippen LogP contribution in [-0.2, 0) is 10.8 Å². The van der Waals surface area contributed by atoms with E-state index in [1.807, 2.05) is 0 Å². The lowest BCUT2D eigenvalue weighted by atomic mass is 9.87. The van der Waals surface area contributed by atoms with Crippen molar-refractivity contribution in [3.63, 3.8) is 0 Å². The van der Waals surface area contributed by atoms with E-state index >= 15 is 0 Å². The van der Waals surface area contributed by atoms with Gasteiger partial charge in [-0.05, 0) is 127 Å². The predicted octanol–water partition coefficient (Wildman–Crippen LogP) is 23.9. The Balaban J connectivity index is 1.17. The molecule has 0 amide bonds. The minimum atomic E-state index is -0.0611. The van der Waals surface area contributed by atoms with Gasteiger partial charge in [-0.25, -0.2) is 0 Å². The fraction of sp³-hybridized carbons (Fsp3) is 0.0976. The highest BCUT2D eigenvalue weighted by Gasteiger charge is 2.32. The van der Waals surface area contributed by atoms with Crippen LogP contribution < -0.4 is 9.80 Å². The van der Waals surface area contributed by atoms with Gasteiger partial charge in [-0.15, -0.1) is 0 Å². The second-order valence-corrected chi connectivity index (χ2v) is 24.5. The van der Waals surface area contributed by atoms with Gasteiger partial charge in [-0.3, -0.25) is 0 Å². The molecule has 416 valence electrons. The Morgan fingerprint density at radius 3 is 0.779 bits per heavy atom. The van der Waals surface area contributed by atoms with Crippen LogP contribution in [0.4, 0.5) is 34.1 Å². The van der Waals surface area contributed by atoms with Crippen LogP contribution in [0.25, 0.3) is 99.9 Å². The molecule has 86 heavy (non-hydrogen) atoms. The molecule has 0 aliphatic heterocycles. The van der Waals surface area contributed by atoms with E-state index in [2.05, 4.69) is 343 Å². The Bertz CT molecular complexity index is 4370. The first-order chi connectivity index (χ1) is 41.9. The lowest BCUT2D eigenvalue weighted by Crippen LogP contribution is -2.14. The van der Waals surface area contributed by atoms with E-state index in [1.54, 1.807) is 0 Å². The molecule has 0 bridgehead atoms. The number of nitrogens with zero attached hydrogens (tertiary/aromatic N) is 2. The average molecular weight is 1110 g/mol. The molecular formula is C82H66N2O2. The van der Waals surface area contributed by atoms with E-state index in [0.717, 1.165) is 134 Å². The van der Waals surface area contributed by atoms with E-state index in [-0.39, 0.29) is 10.8 Å². The van der Waals surface area contributed by atoms with E-state index in [4.69, 9.17) is 8.83 Å². The molecule has 0 spiro atoms. The number of hydrogen-bond donors (Lipinski definition) is 0. The zero-order valence-corrected chi connectivity index (χ0v) is 49.4. The summed E-state index contributed by atoms with van der Waals surface area (Å²) in [5.41, 5.74) is 20.3. The molecule has 14 rings (SSSR count). The third kappa shape index (κ3) is 9.93. The quantitative estimate of drug-likeness (QED) is 0.122. The molecule has 0 atom stereocenters. The summed E-state index contributed by atoms with van der Waals surface area (Å²) in [6.07, 6.45) is 0. The van der Waals surface area contributed by atoms with Gasteiger partial charge < -0.3 is 18.6 Å². The molecule has 4 heteroatoms. The fourth-order valence-electron chi connectivity index (χ4n) is 12.3. The van der Waals surface area contributed by atoms with Gasteiger partial charge in [-0.1, -0.05) is 272 Å². The van der Waals surface area contributed by atoms with Crippen molar-refractivity contribution >= 4 is 66.8 Å². The normalized spacial score (nSPS) is 11.8. The molecule has 0 radical (unpaired) electrons. The van der Waals surface area contributed by atoms with Crippen molar-refractivity contribution in [2.45, 2.75) is 52.4 Å². The number of fused-ring (bicyclic) bond motifs is 5. The number of furan rings is 2. The summed E-state index contributed by atoms with van der Waals surface area (Å²) in [7, 11) is 0. The van der Waals surface area contributed by atoms with Crippen molar-refractivity contribution in [3.05, 3.63) is 302 Å². The minimum absolute atomic E-state index is 0.0611. The Morgan fingerprint density at radius 2 is 0.500 bits per heavy atom. The SMILES string of the molecule is CC(C)(C)c1ccc(N(c2ccc(-c3ccccc3)cc2)c2cc3c(cc(N(c4ccc(-c5ccccc5)cc4)c4ccc(C(C)(C)C)cc4)c4oc(-c5ccccc5)c(-c5ccccc5)c43)c3c(-c4ccccc4)c(-c4ccccc4)oc23)cc1. The van der Waals surface area contributed by atoms with Gasteiger partial charge in [0.1, 0.15) is 11.5 Å². The van der Waals surface area contributed by atoms with Crippen molar-refractivity contribution in [3.8, 4) is 67.2 Å². The van der Waals surface area contributed by atoms with Gasteiger partial charge in [0.15, 0.2) is 11.2 Å². The summed E-state index contributed by atoms with van der Waals surface area (Å²) in [5, 5.41) is 4.03. The first-order valence-electron chi connectivity index (χ1n) is 29.8. The van der Waals surface area contributed by atoms with E-state index in [1.165, 1.54) is 11.1 Å². The van der Waals surface area contributed by atoms with E-state index < -0.39 is 0 Å². The van der Waals surface area contributed by atoms with Crippen LogP contribution in [0, 0.1) is 0 Å². The lowest BCUT2D eigenvalue weighted by molar-refractivity contribution is 0.590. The minimum Gasteiger partial charge on any atom is -0.453 e. The zero-order chi connectivity index (χ0) is 58.5. The largest absolute Gasteiger partial charge is 0.453 e. The molecule has 2 heterocycles. The second-order valence-electron chi connectivity index (χ2n) is 24.5. The van der Waals surface area contributed by atoms with E-state index in [9.17, 15) is 0 Å². The van der Waals surface area contributed by atoms with Crippen molar-refractivity contribution < 1.29 is 8.83 Å². The average Bonchev–Trinajstić information content (AvgIpc) is 1.50. The van der Waals surface area contributed by atoms with Crippen LogP contribution in [0.1, 0.15) is 52.7 Å². The fourth-order valence-corrected chi connectivity index (χ4v) is 12.3. The molecule has 0 aliphatic carbocycles. The highest BCUT2D eigenvalue weighted by molar-refractivity contribution is 6.30. The van der Waals surface area contributed by atoms with Crippen molar-refractivity contribution in [1.82, 2.24) is 0 Å². The number of benzene rings is 12. The molecule has 0 unspecified atom stereocenters. The summed E-state index contributed by atoms with van der Waals surface area (Å²) < 4.78 is 15.5. The summed E-state index contributed by atoms with van der Waals surface area (Å²) in [6.45, 7) is 13.6. The van der Waals surface area contributed by atoms with Crippen LogP contribution in [0.2, 0.25) is 0 Å². The van der Waals surface area contributed by atoms with Crippen molar-refractivity contribution in [1.29, 1.82) is 0 Å². The van der Waals surface area contributed by atoms with Crippen LogP contribution in [0.15, 0.2) is 300 Å². The first-order valence-corrected chi connectivity index (χ1v) is 29.8. The Kier molecular flexibility index (Phi) is 13.7. The van der Waals surface area contributed by atoms with Gasteiger partial charge in [0, 0.05) is 55.8 Å². The van der Waals surface area contributed by atoms with E-state index in [0.29, 0.717) is 0 Å². The molecular weight excluding hydrogens is 1040 g/mol. The smallest absolute Gasteiger partial charge is 0.160 e. The summed E-state index contributed by atoms with van der Waals surface area (Å²) >= 11 is 0. The maximum atomic E-state index is 7.77. The third-order valence-corrected chi connectivity index (χ3v) is 16.8. The Morgan fingerprint density at radius 1 is 0.256 bits per heavy atom. The monoisotopic (exact) mass is 1110 g/mol. The number of anilines is 6. The Labute approximate surface area is 504 Å². The van der Waals surface area contributed by atoms with Crippen LogP contribution in [-0.4, -0.2) is 0 Å². The zero-order valence-electron chi connectivity index (χ0n) is 49.4. The maximum absolute atomic E-state index is 7.77. The van der Waals surface area contributed by atoms with Crippen molar-refractivity contribution in [2.24, 2.45) is 0 Å². The first kappa shape index (κ1) is 53.6.